The predicted molar refractivity (Wildman–Crippen MR) is 73.4 cm³/mol. The summed E-state index contributed by atoms with van der Waals surface area (Å²) in [4.78, 5) is 5.12. The minimum Gasteiger partial charge on any atom is -0.392 e. The van der Waals surface area contributed by atoms with E-state index in [0.29, 0.717) is 5.02 Å². The van der Waals surface area contributed by atoms with Crippen LogP contribution in [0, 0.1) is 0 Å². The van der Waals surface area contributed by atoms with Gasteiger partial charge in [-0.15, -0.1) is 0 Å². The number of halogens is 2. The molecule has 0 aliphatic carbocycles. The number of hydrogen-bond donors (Lipinski definition) is 1. The lowest BCUT2D eigenvalue weighted by Gasteiger charge is -2.08. The van der Waals surface area contributed by atoms with Gasteiger partial charge in [0.25, 0.3) is 0 Å². The van der Waals surface area contributed by atoms with Gasteiger partial charge in [-0.3, -0.25) is 0 Å². The fourth-order valence-electron chi connectivity index (χ4n) is 1.32. The summed E-state index contributed by atoms with van der Waals surface area (Å²) in [6.07, 6.45) is 1.73. The third kappa shape index (κ3) is 3.22. The van der Waals surface area contributed by atoms with Gasteiger partial charge in [0.05, 0.1) is 11.6 Å². The van der Waals surface area contributed by atoms with E-state index in [1.807, 2.05) is 30.3 Å². The van der Waals surface area contributed by atoms with Gasteiger partial charge in [-0.05, 0) is 39.7 Å². The van der Waals surface area contributed by atoms with Gasteiger partial charge in [0.2, 0.25) is 0 Å². The van der Waals surface area contributed by atoms with Crippen molar-refractivity contribution in [2.75, 3.05) is 0 Å². The number of aromatic nitrogens is 1. The van der Waals surface area contributed by atoms with Gasteiger partial charge in [-0.2, -0.15) is 0 Å². The highest BCUT2D eigenvalue weighted by Gasteiger charge is 2.08. The van der Waals surface area contributed by atoms with Gasteiger partial charge in [0.15, 0.2) is 0 Å². The largest absolute Gasteiger partial charge is 0.392 e. The van der Waals surface area contributed by atoms with E-state index in [-0.39, 0.29) is 6.61 Å². The number of hydrogen-bond acceptors (Lipinski definition) is 3. The van der Waals surface area contributed by atoms with Gasteiger partial charge in [-0.25, -0.2) is 4.98 Å². The topological polar surface area (TPSA) is 33.1 Å². The Morgan fingerprint density at radius 1 is 1.29 bits per heavy atom. The Morgan fingerprint density at radius 3 is 2.76 bits per heavy atom. The van der Waals surface area contributed by atoms with E-state index in [4.69, 9.17) is 11.6 Å². The molecule has 2 aromatic rings. The minimum absolute atomic E-state index is 0.0284. The first-order valence-corrected chi connectivity index (χ1v) is 6.87. The van der Waals surface area contributed by atoms with Crippen LogP contribution in [-0.2, 0) is 6.61 Å². The molecule has 0 fully saturated rings. The van der Waals surface area contributed by atoms with E-state index < -0.39 is 0 Å². The average molecular weight is 331 g/mol. The fraction of sp³-hybridized carbons (Fsp3) is 0.0833. The summed E-state index contributed by atoms with van der Waals surface area (Å²) < 4.78 is 0.934. The standard InChI is InChI=1S/C12H9BrClNOS/c13-9-4-5-11(15-6-9)17-12-8(7-16)2-1-3-10(12)14/h1-6,16H,7H2. The van der Waals surface area contributed by atoms with Gasteiger partial charge >= 0.3 is 0 Å². The van der Waals surface area contributed by atoms with E-state index in [0.717, 1.165) is 20.0 Å². The molecule has 0 amide bonds. The SMILES string of the molecule is OCc1cccc(Cl)c1Sc1ccc(Br)cn1. The van der Waals surface area contributed by atoms with Crippen molar-refractivity contribution in [3.63, 3.8) is 0 Å². The first-order chi connectivity index (χ1) is 8.20. The van der Waals surface area contributed by atoms with Crippen LogP contribution >= 0.6 is 39.3 Å². The van der Waals surface area contributed by atoms with E-state index in [9.17, 15) is 5.11 Å². The van der Waals surface area contributed by atoms with Crippen molar-refractivity contribution >= 4 is 39.3 Å². The predicted octanol–water partition coefficient (Wildman–Crippen LogP) is 4.14. The van der Waals surface area contributed by atoms with Crippen LogP contribution in [0.4, 0.5) is 0 Å². The summed E-state index contributed by atoms with van der Waals surface area (Å²) in [5.41, 5.74) is 0.812. The molecule has 0 saturated heterocycles. The fourth-order valence-corrected chi connectivity index (χ4v) is 2.74. The minimum atomic E-state index is -0.0284. The molecule has 0 aliphatic heterocycles. The van der Waals surface area contributed by atoms with Crippen LogP contribution in [-0.4, -0.2) is 10.1 Å². The lowest BCUT2D eigenvalue weighted by molar-refractivity contribution is 0.279. The van der Waals surface area contributed by atoms with Crippen LogP contribution < -0.4 is 0 Å². The molecule has 17 heavy (non-hydrogen) atoms. The van der Waals surface area contributed by atoms with Crippen molar-refractivity contribution in [2.45, 2.75) is 16.5 Å². The molecule has 0 aliphatic rings. The molecule has 1 aromatic heterocycles. The summed E-state index contributed by atoms with van der Waals surface area (Å²) in [6, 6.07) is 9.31. The quantitative estimate of drug-likeness (QED) is 0.918. The van der Waals surface area contributed by atoms with Crippen molar-refractivity contribution in [3.8, 4) is 0 Å². The van der Waals surface area contributed by atoms with Crippen LogP contribution in [0.15, 0.2) is 50.9 Å². The van der Waals surface area contributed by atoms with Crippen LogP contribution in [0.5, 0.6) is 0 Å². The summed E-state index contributed by atoms with van der Waals surface area (Å²) in [7, 11) is 0. The summed E-state index contributed by atoms with van der Waals surface area (Å²) in [6.45, 7) is -0.0284. The van der Waals surface area contributed by atoms with Crippen LogP contribution in [0.25, 0.3) is 0 Å². The van der Waals surface area contributed by atoms with Crippen molar-refractivity contribution in [1.29, 1.82) is 0 Å². The number of aliphatic hydroxyl groups is 1. The second-order valence-electron chi connectivity index (χ2n) is 3.30. The lowest BCUT2D eigenvalue weighted by Crippen LogP contribution is -1.89. The average Bonchev–Trinajstić information content (AvgIpc) is 2.34. The molecule has 1 heterocycles. The van der Waals surface area contributed by atoms with E-state index in [1.165, 1.54) is 11.8 Å². The van der Waals surface area contributed by atoms with E-state index in [2.05, 4.69) is 20.9 Å². The first kappa shape index (κ1) is 12.9. The molecule has 0 saturated carbocycles. The van der Waals surface area contributed by atoms with Crippen LogP contribution in [0.2, 0.25) is 5.02 Å². The summed E-state index contributed by atoms with van der Waals surface area (Å²) in [5.74, 6) is 0. The Morgan fingerprint density at radius 2 is 2.12 bits per heavy atom. The van der Waals surface area contributed by atoms with Crippen LogP contribution in [0.3, 0.4) is 0 Å². The molecular formula is C12H9BrClNOS. The smallest absolute Gasteiger partial charge is 0.101 e. The Labute approximate surface area is 117 Å². The number of aliphatic hydroxyl groups excluding tert-OH is 1. The lowest BCUT2D eigenvalue weighted by atomic mass is 10.2. The zero-order chi connectivity index (χ0) is 12.3. The Kier molecular flexibility index (Phi) is 4.45. The Balaban J connectivity index is 2.32. The molecule has 2 rings (SSSR count). The maximum atomic E-state index is 9.27. The Bertz CT molecular complexity index is 518. The van der Waals surface area contributed by atoms with Crippen molar-refractivity contribution in [3.05, 3.63) is 51.6 Å². The molecule has 0 bridgehead atoms. The molecule has 0 spiro atoms. The van der Waals surface area contributed by atoms with Crippen LogP contribution in [0.1, 0.15) is 5.56 Å². The number of rotatable bonds is 3. The number of nitrogens with zero attached hydrogens (tertiary/aromatic N) is 1. The maximum Gasteiger partial charge on any atom is 0.101 e. The van der Waals surface area contributed by atoms with Gasteiger partial charge < -0.3 is 5.11 Å². The molecule has 0 unspecified atom stereocenters. The van der Waals surface area contributed by atoms with Gasteiger partial charge in [0, 0.05) is 15.6 Å². The monoisotopic (exact) mass is 329 g/mol. The molecule has 5 heteroatoms. The summed E-state index contributed by atoms with van der Waals surface area (Å²) in [5, 5.41) is 10.7. The molecule has 0 atom stereocenters. The highest BCUT2D eigenvalue weighted by atomic mass is 79.9. The molecule has 2 nitrogen and oxygen atoms in total. The number of pyridine rings is 1. The molecular weight excluding hydrogens is 322 g/mol. The number of benzene rings is 1. The molecule has 1 N–H and O–H groups in total. The third-order valence-electron chi connectivity index (χ3n) is 2.13. The second-order valence-corrected chi connectivity index (χ2v) is 5.66. The van der Waals surface area contributed by atoms with Gasteiger partial charge in [0.1, 0.15) is 5.03 Å². The van der Waals surface area contributed by atoms with E-state index in [1.54, 1.807) is 6.20 Å². The maximum absolute atomic E-state index is 9.27. The normalized spacial score (nSPS) is 10.5. The van der Waals surface area contributed by atoms with E-state index >= 15 is 0 Å². The second kappa shape index (κ2) is 5.87. The summed E-state index contributed by atoms with van der Waals surface area (Å²) >= 11 is 10.9. The molecule has 88 valence electrons. The molecule has 1 aromatic carbocycles. The van der Waals surface area contributed by atoms with Crippen molar-refractivity contribution in [1.82, 2.24) is 4.98 Å². The van der Waals surface area contributed by atoms with Crippen molar-refractivity contribution < 1.29 is 5.11 Å². The highest BCUT2D eigenvalue weighted by Crippen LogP contribution is 2.35. The third-order valence-corrected chi connectivity index (χ3v) is 4.16. The molecule has 0 radical (unpaired) electrons. The zero-order valence-corrected chi connectivity index (χ0v) is 11.9. The highest BCUT2D eigenvalue weighted by molar-refractivity contribution is 9.10. The first-order valence-electron chi connectivity index (χ1n) is 4.88. The Hall–Kier alpha value is -0.550. The zero-order valence-electron chi connectivity index (χ0n) is 8.73. The van der Waals surface area contributed by atoms with Gasteiger partial charge in [-0.1, -0.05) is 35.5 Å². The van der Waals surface area contributed by atoms with Crippen molar-refractivity contribution in [2.24, 2.45) is 0 Å².